The van der Waals surface area contributed by atoms with Gasteiger partial charge in [0.2, 0.25) is 0 Å². The van der Waals surface area contributed by atoms with Crippen molar-refractivity contribution in [3.63, 3.8) is 0 Å². The fourth-order valence-electron chi connectivity index (χ4n) is 2.65. The lowest BCUT2D eigenvalue weighted by molar-refractivity contribution is 0.477. The van der Waals surface area contributed by atoms with Crippen molar-refractivity contribution in [3.8, 4) is 11.3 Å². The maximum absolute atomic E-state index is 14.2. The van der Waals surface area contributed by atoms with Gasteiger partial charge in [0, 0.05) is 45.9 Å². The van der Waals surface area contributed by atoms with E-state index in [4.69, 9.17) is 23.8 Å². The van der Waals surface area contributed by atoms with Crippen molar-refractivity contribution in [1.29, 1.82) is 0 Å². The Hall–Kier alpha value is -2.09. The Balaban J connectivity index is 1.62. The number of hydrogen-bond donors (Lipinski definition) is 2. The Kier molecular flexibility index (Phi) is 6.04. The molecule has 2 heterocycles. The van der Waals surface area contributed by atoms with Gasteiger partial charge in [-0.3, -0.25) is 4.98 Å². The summed E-state index contributed by atoms with van der Waals surface area (Å²) in [5, 5.41) is 9.62. The van der Waals surface area contributed by atoms with Gasteiger partial charge in [-0.15, -0.1) is 11.3 Å². The highest BCUT2D eigenvalue weighted by Gasteiger charge is 2.27. The van der Waals surface area contributed by atoms with Gasteiger partial charge in [0.05, 0.1) is 5.69 Å². The minimum atomic E-state index is -0.544. The number of nitrogens with one attached hydrogen (secondary N) is 2. The van der Waals surface area contributed by atoms with Crippen molar-refractivity contribution in [2.75, 3.05) is 11.9 Å². The van der Waals surface area contributed by atoms with Crippen LogP contribution in [-0.4, -0.2) is 21.6 Å². The predicted octanol–water partition coefficient (Wildman–Crippen LogP) is 5.26. The summed E-state index contributed by atoms with van der Waals surface area (Å²) in [6.07, 6.45) is 3.48. The van der Waals surface area contributed by atoms with E-state index in [2.05, 4.69) is 20.6 Å². The number of pyridine rings is 1. The molecule has 0 bridgehead atoms. The van der Waals surface area contributed by atoms with E-state index in [1.807, 2.05) is 31.4 Å². The van der Waals surface area contributed by atoms with Crippen molar-refractivity contribution >= 4 is 45.4 Å². The molecule has 0 fully saturated rings. The standard InChI is InChI=1S/C19H18ClFN4S2/c1-19(2,16-13(20)6-3-7-14(16)21)11-23-17(26)25-18-24-15(10-27-18)12-5-4-8-22-9-12/h3-10H,11H2,1-2H3,(H2,23,24,25,26). The summed E-state index contributed by atoms with van der Waals surface area (Å²) in [5.74, 6) is -0.325. The number of thiazole rings is 1. The highest BCUT2D eigenvalue weighted by molar-refractivity contribution is 7.80. The van der Waals surface area contributed by atoms with Crippen LogP contribution < -0.4 is 10.6 Å². The minimum absolute atomic E-state index is 0.325. The van der Waals surface area contributed by atoms with E-state index in [-0.39, 0.29) is 5.82 Å². The van der Waals surface area contributed by atoms with E-state index in [0.717, 1.165) is 11.3 Å². The van der Waals surface area contributed by atoms with E-state index in [9.17, 15) is 4.39 Å². The minimum Gasteiger partial charge on any atom is -0.362 e. The van der Waals surface area contributed by atoms with E-state index in [0.29, 0.717) is 27.4 Å². The molecule has 3 rings (SSSR count). The Labute approximate surface area is 171 Å². The summed E-state index contributed by atoms with van der Waals surface area (Å²) in [6, 6.07) is 8.51. The first-order valence-electron chi connectivity index (χ1n) is 8.22. The number of rotatable bonds is 5. The maximum atomic E-state index is 14.2. The molecular weight excluding hydrogens is 403 g/mol. The number of benzene rings is 1. The second kappa shape index (κ2) is 8.29. The Morgan fingerprint density at radius 3 is 2.81 bits per heavy atom. The average Bonchev–Trinajstić information content (AvgIpc) is 3.09. The summed E-state index contributed by atoms with van der Waals surface area (Å²) < 4.78 is 14.2. The molecule has 3 aromatic rings. The highest BCUT2D eigenvalue weighted by Crippen LogP contribution is 2.31. The molecular formula is C19H18ClFN4S2. The zero-order chi connectivity index (χ0) is 19.4. The van der Waals surface area contributed by atoms with E-state index >= 15 is 0 Å². The van der Waals surface area contributed by atoms with Crippen LogP contribution in [0.2, 0.25) is 5.02 Å². The monoisotopic (exact) mass is 420 g/mol. The molecule has 0 aliphatic heterocycles. The third-order valence-electron chi connectivity index (χ3n) is 4.01. The van der Waals surface area contributed by atoms with E-state index in [1.54, 1.807) is 24.5 Å². The van der Waals surface area contributed by atoms with Crippen LogP contribution in [0.25, 0.3) is 11.3 Å². The number of anilines is 1. The quantitative estimate of drug-likeness (QED) is 0.551. The molecule has 0 aliphatic rings. The first-order chi connectivity index (χ1) is 12.9. The molecule has 0 unspecified atom stereocenters. The number of thiocarbonyl (C=S) groups is 1. The lowest BCUT2D eigenvalue weighted by Gasteiger charge is -2.27. The predicted molar refractivity (Wildman–Crippen MR) is 114 cm³/mol. The summed E-state index contributed by atoms with van der Waals surface area (Å²) >= 11 is 13.0. The number of halogens is 2. The first kappa shape index (κ1) is 19.7. The van der Waals surface area contributed by atoms with Gasteiger partial charge in [0.15, 0.2) is 10.2 Å². The third-order valence-corrected chi connectivity index (χ3v) is 5.33. The molecule has 140 valence electrons. The fraction of sp³-hybridized carbons (Fsp3) is 0.211. The lowest BCUT2D eigenvalue weighted by atomic mass is 9.84. The summed E-state index contributed by atoms with van der Waals surface area (Å²) in [6.45, 7) is 4.24. The molecule has 27 heavy (non-hydrogen) atoms. The van der Waals surface area contributed by atoms with Crippen molar-refractivity contribution in [3.05, 3.63) is 64.5 Å². The van der Waals surface area contributed by atoms with Gasteiger partial charge in [-0.05, 0) is 36.5 Å². The van der Waals surface area contributed by atoms with Crippen molar-refractivity contribution in [1.82, 2.24) is 15.3 Å². The molecule has 2 N–H and O–H groups in total. The Bertz CT molecular complexity index is 924. The van der Waals surface area contributed by atoms with Gasteiger partial charge in [0.25, 0.3) is 0 Å². The smallest absolute Gasteiger partial charge is 0.189 e. The number of hydrogen-bond acceptors (Lipinski definition) is 4. The van der Waals surface area contributed by atoms with Crippen LogP contribution in [0, 0.1) is 5.82 Å². The Morgan fingerprint density at radius 1 is 1.30 bits per heavy atom. The van der Waals surface area contributed by atoms with Crippen molar-refractivity contribution in [2.24, 2.45) is 0 Å². The molecule has 0 spiro atoms. The highest BCUT2D eigenvalue weighted by atomic mass is 35.5. The third kappa shape index (κ3) is 4.80. The molecule has 8 heteroatoms. The van der Waals surface area contributed by atoms with Gasteiger partial charge >= 0.3 is 0 Å². The fourth-order valence-corrected chi connectivity index (χ4v) is 4.03. The van der Waals surface area contributed by atoms with Crippen molar-refractivity contribution in [2.45, 2.75) is 19.3 Å². The van der Waals surface area contributed by atoms with Crippen LogP contribution in [0.3, 0.4) is 0 Å². The van der Waals surface area contributed by atoms with Gasteiger partial charge in [-0.1, -0.05) is 31.5 Å². The molecule has 2 aromatic heterocycles. The topological polar surface area (TPSA) is 49.8 Å². The largest absolute Gasteiger partial charge is 0.362 e. The van der Waals surface area contributed by atoms with E-state index < -0.39 is 5.41 Å². The van der Waals surface area contributed by atoms with Crippen LogP contribution >= 0.6 is 35.2 Å². The van der Waals surface area contributed by atoms with Gasteiger partial charge in [-0.2, -0.15) is 0 Å². The SMILES string of the molecule is CC(C)(CNC(=S)Nc1nc(-c2cccnc2)cs1)c1c(F)cccc1Cl. The maximum Gasteiger partial charge on any atom is 0.189 e. The molecule has 0 atom stereocenters. The van der Waals surface area contributed by atoms with Gasteiger partial charge in [0.1, 0.15) is 5.82 Å². The lowest BCUT2D eigenvalue weighted by Crippen LogP contribution is -2.39. The summed E-state index contributed by atoms with van der Waals surface area (Å²) in [7, 11) is 0. The molecule has 1 aromatic carbocycles. The summed E-state index contributed by atoms with van der Waals surface area (Å²) in [4.78, 5) is 8.61. The van der Waals surface area contributed by atoms with E-state index in [1.165, 1.54) is 17.4 Å². The number of aromatic nitrogens is 2. The second-order valence-electron chi connectivity index (χ2n) is 6.57. The number of nitrogens with zero attached hydrogens (tertiary/aromatic N) is 2. The molecule has 0 aliphatic carbocycles. The zero-order valence-corrected chi connectivity index (χ0v) is 17.2. The zero-order valence-electron chi connectivity index (χ0n) is 14.8. The average molecular weight is 421 g/mol. The normalized spacial score (nSPS) is 11.3. The van der Waals surface area contributed by atoms with Crippen LogP contribution in [0.1, 0.15) is 19.4 Å². The van der Waals surface area contributed by atoms with Crippen LogP contribution in [0.5, 0.6) is 0 Å². The van der Waals surface area contributed by atoms with Crippen LogP contribution in [-0.2, 0) is 5.41 Å². The van der Waals surface area contributed by atoms with Gasteiger partial charge in [-0.25, -0.2) is 9.37 Å². The van der Waals surface area contributed by atoms with Crippen LogP contribution in [0.15, 0.2) is 48.1 Å². The first-order valence-corrected chi connectivity index (χ1v) is 9.89. The van der Waals surface area contributed by atoms with Crippen LogP contribution in [0.4, 0.5) is 9.52 Å². The van der Waals surface area contributed by atoms with Gasteiger partial charge < -0.3 is 10.6 Å². The molecule has 0 radical (unpaired) electrons. The second-order valence-corrected chi connectivity index (χ2v) is 8.24. The molecule has 0 saturated heterocycles. The Morgan fingerprint density at radius 2 is 2.11 bits per heavy atom. The molecule has 0 saturated carbocycles. The molecule has 4 nitrogen and oxygen atoms in total. The summed E-state index contributed by atoms with van der Waals surface area (Å²) in [5.41, 5.74) is 1.70. The molecule has 0 amide bonds. The van der Waals surface area contributed by atoms with Crippen molar-refractivity contribution < 1.29 is 4.39 Å².